The fourth-order valence-electron chi connectivity index (χ4n) is 3.70. The molecule has 36 heavy (non-hydrogen) atoms. The van der Waals surface area contributed by atoms with Gasteiger partial charge in [0.15, 0.2) is 5.58 Å². The average Bonchev–Trinajstić information content (AvgIpc) is 3.25. The summed E-state index contributed by atoms with van der Waals surface area (Å²) in [6.45, 7) is 0. The molecule has 0 aliphatic carbocycles. The molecule has 10 nitrogen and oxygen atoms in total. The number of nitrogens with zero attached hydrogens (tertiary/aromatic N) is 3. The maximum atomic E-state index is 14.0. The molecular weight excluding hydrogens is 530 g/mol. The molecule has 0 radical (unpaired) electrons. The van der Waals surface area contributed by atoms with Gasteiger partial charge in [-0.2, -0.15) is 4.31 Å². The van der Waals surface area contributed by atoms with Gasteiger partial charge in [0.05, 0.1) is 25.8 Å². The van der Waals surface area contributed by atoms with Crippen LogP contribution in [0, 0.1) is 10.1 Å². The van der Waals surface area contributed by atoms with Crippen LogP contribution in [0.3, 0.4) is 0 Å². The van der Waals surface area contributed by atoms with Gasteiger partial charge in [0.25, 0.3) is 21.6 Å². The fourth-order valence-corrected chi connectivity index (χ4v) is 6.05. The number of nitro groups is 1. The Balaban J connectivity index is 1.85. The Hall–Kier alpha value is -4.13. The van der Waals surface area contributed by atoms with Crippen LogP contribution in [0.4, 0.5) is 11.4 Å². The van der Waals surface area contributed by atoms with Crippen molar-refractivity contribution in [3.05, 3.63) is 103 Å². The SMILES string of the molecule is O=C(c1cccnc1)N(c1cc2sc(=O)oc2c2ccccc12)S(=O)(=O)c1ccc(Cl)c([N+](=O)[O-])c1. The minimum absolute atomic E-state index is 0.0471. The molecule has 5 aromatic rings. The first-order chi connectivity index (χ1) is 17.2. The van der Waals surface area contributed by atoms with Gasteiger partial charge >= 0.3 is 4.94 Å². The quantitative estimate of drug-likeness (QED) is 0.223. The van der Waals surface area contributed by atoms with Crippen LogP contribution in [0.2, 0.25) is 5.02 Å². The molecule has 0 spiro atoms. The zero-order chi connectivity index (χ0) is 25.6. The highest BCUT2D eigenvalue weighted by Gasteiger charge is 2.35. The molecule has 0 saturated carbocycles. The van der Waals surface area contributed by atoms with Gasteiger partial charge in [0, 0.05) is 29.2 Å². The third-order valence-corrected chi connectivity index (χ3v) is 8.07. The number of halogens is 1. The van der Waals surface area contributed by atoms with Gasteiger partial charge in [-0.25, -0.2) is 13.2 Å². The molecule has 13 heteroatoms. The number of carbonyl (C=O) groups excluding carboxylic acids is 1. The Morgan fingerprint density at radius 2 is 1.83 bits per heavy atom. The predicted octanol–water partition coefficient (Wildman–Crippen LogP) is 5.00. The molecule has 0 N–H and O–H groups in total. The van der Waals surface area contributed by atoms with E-state index in [0.717, 1.165) is 29.5 Å². The minimum Gasteiger partial charge on any atom is -0.413 e. The average molecular weight is 542 g/mol. The van der Waals surface area contributed by atoms with Gasteiger partial charge in [-0.05, 0) is 30.3 Å². The second kappa shape index (κ2) is 8.82. The molecule has 2 heterocycles. The number of hydrogen-bond donors (Lipinski definition) is 0. The molecule has 0 fully saturated rings. The number of anilines is 1. The highest BCUT2D eigenvalue weighted by molar-refractivity contribution is 7.93. The Labute approximate surface area is 211 Å². The lowest BCUT2D eigenvalue weighted by molar-refractivity contribution is -0.384. The van der Waals surface area contributed by atoms with E-state index in [4.69, 9.17) is 16.0 Å². The van der Waals surface area contributed by atoms with Crippen molar-refractivity contribution < 1.29 is 22.6 Å². The van der Waals surface area contributed by atoms with Gasteiger partial charge in [0.2, 0.25) is 0 Å². The highest BCUT2D eigenvalue weighted by atomic mass is 35.5. The molecule has 1 amide bonds. The van der Waals surface area contributed by atoms with E-state index in [2.05, 4.69) is 4.98 Å². The summed E-state index contributed by atoms with van der Waals surface area (Å²) in [5, 5.41) is 11.9. The zero-order valence-corrected chi connectivity index (χ0v) is 20.2. The number of benzene rings is 3. The summed E-state index contributed by atoms with van der Waals surface area (Å²) in [6, 6.07) is 13.7. The van der Waals surface area contributed by atoms with Crippen molar-refractivity contribution in [2.24, 2.45) is 0 Å². The number of carbonyl (C=O) groups is 1. The lowest BCUT2D eigenvalue weighted by atomic mass is 10.1. The molecule has 0 bridgehead atoms. The molecule has 0 aliphatic rings. The molecular formula is C23H12ClN3O7S2. The number of amides is 1. The second-order valence-corrected chi connectivity index (χ2v) is 10.6. The lowest BCUT2D eigenvalue weighted by Gasteiger charge is -2.24. The topological polar surface area (TPSA) is 141 Å². The van der Waals surface area contributed by atoms with Crippen LogP contribution in [0.1, 0.15) is 10.4 Å². The van der Waals surface area contributed by atoms with Crippen molar-refractivity contribution >= 4 is 71.3 Å². The van der Waals surface area contributed by atoms with Crippen LogP contribution in [0.15, 0.2) is 87.2 Å². The first-order valence-corrected chi connectivity index (χ1v) is 12.7. The number of nitro benzene ring substituents is 1. The van der Waals surface area contributed by atoms with Gasteiger partial charge in [0.1, 0.15) is 5.02 Å². The van der Waals surface area contributed by atoms with Crippen molar-refractivity contribution in [2.75, 3.05) is 4.31 Å². The van der Waals surface area contributed by atoms with Crippen molar-refractivity contribution in [3.63, 3.8) is 0 Å². The fraction of sp³-hybridized carbons (Fsp3) is 0. The van der Waals surface area contributed by atoms with E-state index in [0.29, 0.717) is 19.8 Å². The molecule has 0 saturated heterocycles. The minimum atomic E-state index is -4.74. The van der Waals surface area contributed by atoms with Crippen molar-refractivity contribution in [1.29, 1.82) is 0 Å². The predicted molar refractivity (Wildman–Crippen MR) is 134 cm³/mol. The van der Waals surface area contributed by atoms with Gasteiger partial charge in [-0.3, -0.25) is 19.9 Å². The van der Waals surface area contributed by atoms with Crippen molar-refractivity contribution in [3.8, 4) is 0 Å². The number of hydrogen-bond acceptors (Lipinski definition) is 9. The smallest absolute Gasteiger partial charge is 0.396 e. The zero-order valence-electron chi connectivity index (χ0n) is 17.8. The van der Waals surface area contributed by atoms with Crippen LogP contribution < -0.4 is 9.24 Å². The third kappa shape index (κ3) is 3.90. The Kier molecular flexibility index (Phi) is 5.79. The summed E-state index contributed by atoms with van der Waals surface area (Å²) in [5.41, 5.74) is -0.506. The Bertz CT molecular complexity index is 1850. The lowest BCUT2D eigenvalue weighted by Crippen LogP contribution is -2.37. The number of rotatable bonds is 5. The van der Waals surface area contributed by atoms with E-state index in [9.17, 15) is 28.1 Å². The molecule has 3 aromatic carbocycles. The van der Waals surface area contributed by atoms with Gasteiger partial charge < -0.3 is 4.42 Å². The number of aromatic nitrogens is 1. The van der Waals surface area contributed by atoms with E-state index >= 15 is 0 Å². The maximum absolute atomic E-state index is 14.0. The van der Waals surface area contributed by atoms with Crippen LogP contribution in [-0.4, -0.2) is 24.2 Å². The maximum Gasteiger partial charge on any atom is 0.396 e. The molecule has 0 unspecified atom stereocenters. The monoisotopic (exact) mass is 541 g/mol. The summed E-state index contributed by atoms with van der Waals surface area (Å²) in [4.78, 5) is 39.1. The summed E-state index contributed by atoms with van der Waals surface area (Å²) >= 11 is 6.62. The van der Waals surface area contributed by atoms with Gasteiger partial charge in [-0.1, -0.05) is 47.2 Å². The molecule has 2 aromatic heterocycles. The standard InChI is InChI=1S/C23H12ClN3O7S2/c24-17-8-7-14(10-19(17)27(30)31)36(32,33)26(22(28)13-4-3-9-25-12-13)18-11-20-21(34-23(29)35-20)16-6-2-1-5-15(16)18/h1-12H. The highest BCUT2D eigenvalue weighted by Crippen LogP contribution is 2.39. The number of pyridine rings is 1. The second-order valence-electron chi connectivity index (χ2n) is 7.41. The van der Waals surface area contributed by atoms with Crippen molar-refractivity contribution in [1.82, 2.24) is 4.98 Å². The normalized spacial score (nSPS) is 11.6. The largest absolute Gasteiger partial charge is 0.413 e. The van der Waals surface area contributed by atoms with E-state index in [1.54, 1.807) is 24.3 Å². The molecule has 180 valence electrons. The number of sulfonamides is 1. The molecule has 5 rings (SSSR count). The van der Waals surface area contributed by atoms with Crippen LogP contribution >= 0.6 is 22.9 Å². The van der Waals surface area contributed by atoms with Crippen LogP contribution in [0.5, 0.6) is 0 Å². The van der Waals surface area contributed by atoms with E-state index in [1.807, 2.05) is 0 Å². The molecule has 0 atom stereocenters. The Morgan fingerprint density at radius 1 is 1.08 bits per heavy atom. The first kappa shape index (κ1) is 23.6. The van der Waals surface area contributed by atoms with Crippen LogP contribution in [-0.2, 0) is 10.0 Å². The summed E-state index contributed by atoms with van der Waals surface area (Å²) in [7, 11) is -4.74. The van der Waals surface area contributed by atoms with Crippen molar-refractivity contribution in [2.45, 2.75) is 4.90 Å². The summed E-state index contributed by atoms with van der Waals surface area (Å²) in [5.74, 6) is -0.957. The van der Waals surface area contributed by atoms with Gasteiger partial charge in [-0.15, -0.1) is 0 Å². The van der Waals surface area contributed by atoms with E-state index in [1.165, 1.54) is 30.6 Å². The van der Waals surface area contributed by atoms with Crippen LogP contribution in [0.25, 0.3) is 21.1 Å². The first-order valence-electron chi connectivity index (χ1n) is 10.1. The summed E-state index contributed by atoms with van der Waals surface area (Å²) in [6.07, 6.45) is 2.62. The Morgan fingerprint density at radius 3 is 2.53 bits per heavy atom. The number of fused-ring (bicyclic) bond motifs is 3. The van der Waals surface area contributed by atoms with E-state index < -0.39 is 36.4 Å². The third-order valence-electron chi connectivity index (χ3n) is 5.28. The summed E-state index contributed by atoms with van der Waals surface area (Å²) < 4.78 is 34.1. The van der Waals surface area contributed by atoms with E-state index in [-0.39, 0.29) is 21.9 Å². The molecule has 0 aliphatic heterocycles.